The largest absolute Gasteiger partial charge is 0.405 e. The molecule has 1 aliphatic rings. The first-order valence-corrected chi connectivity index (χ1v) is 7.01. The van der Waals surface area contributed by atoms with E-state index in [0.29, 0.717) is 11.7 Å². The second kappa shape index (κ2) is 6.04. The summed E-state index contributed by atoms with van der Waals surface area (Å²) >= 11 is 0. The van der Waals surface area contributed by atoms with Crippen LogP contribution in [0.15, 0.2) is 24.3 Å². The van der Waals surface area contributed by atoms with E-state index in [1.165, 1.54) is 4.90 Å². The van der Waals surface area contributed by atoms with E-state index in [0.717, 1.165) is 24.9 Å². The standard InChI is InChI=1S/C15H21F3N2/c1-11(2)19-9-12-3-5-13(6-4-12)20(14-7-8-14)10-15(16,17)18/h3-6,11,14,19H,7-10H2,1-2H3. The summed E-state index contributed by atoms with van der Waals surface area (Å²) in [6.07, 6.45) is -2.44. The third-order valence-electron chi connectivity index (χ3n) is 3.32. The van der Waals surface area contributed by atoms with Gasteiger partial charge in [-0.15, -0.1) is 0 Å². The molecule has 1 aromatic carbocycles. The highest BCUT2D eigenvalue weighted by atomic mass is 19.4. The fourth-order valence-corrected chi connectivity index (χ4v) is 2.14. The van der Waals surface area contributed by atoms with Crippen molar-refractivity contribution in [1.82, 2.24) is 5.32 Å². The normalized spacial score (nSPS) is 15.7. The zero-order valence-electron chi connectivity index (χ0n) is 11.9. The molecule has 0 spiro atoms. The van der Waals surface area contributed by atoms with Crippen LogP contribution in [0.3, 0.4) is 0 Å². The highest BCUT2D eigenvalue weighted by molar-refractivity contribution is 5.50. The van der Waals surface area contributed by atoms with Gasteiger partial charge in [0.05, 0.1) is 0 Å². The summed E-state index contributed by atoms with van der Waals surface area (Å²) in [6, 6.07) is 7.83. The summed E-state index contributed by atoms with van der Waals surface area (Å²) in [5, 5.41) is 3.29. The van der Waals surface area contributed by atoms with Gasteiger partial charge in [-0.3, -0.25) is 0 Å². The third-order valence-corrected chi connectivity index (χ3v) is 3.32. The van der Waals surface area contributed by atoms with Crippen LogP contribution in [-0.4, -0.2) is 24.8 Å². The topological polar surface area (TPSA) is 15.3 Å². The zero-order valence-corrected chi connectivity index (χ0v) is 11.9. The lowest BCUT2D eigenvalue weighted by Gasteiger charge is -2.26. The number of benzene rings is 1. The molecule has 1 saturated carbocycles. The minimum absolute atomic E-state index is 0.0521. The van der Waals surface area contributed by atoms with Crippen LogP contribution in [0.2, 0.25) is 0 Å². The van der Waals surface area contributed by atoms with Crippen molar-refractivity contribution in [3.8, 4) is 0 Å². The molecule has 0 aromatic heterocycles. The van der Waals surface area contributed by atoms with Gasteiger partial charge >= 0.3 is 6.18 Å². The summed E-state index contributed by atoms with van der Waals surface area (Å²) in [4.78, 5) is 1.47. The lowest BCUT2D eigenvalue weighted by Crippen LogP contribution is -2.35. The molecule has 0 heterocycles. The van der Waals surface area contributed by atoms with E-state index in [1.807, 2.05) is 12.1 Å². The summed E-state index contributed by atoms with van der Waals surface area (Å²) in [5.74, 6) is 0. The number of nitrogens with zero attached hydrogens (tertiary/aromatic N) is 1. The predicted molar refractivity (Wildman–Crippen MR) is 74.8 cm³/mol. The smallest absolute Gasteiger partial charge is 0.360 e. The molecule has 1 N–H and O–H groups in total. The first-order chi connectivity index (χ1) is 9.35. The number of hydrogen-bond acceptors (Lipinski definition) is 2. The van der Waals surface area contributed by atoms with Crippen LogP contribution in [0.25, 0.3) is 0 Å². The van der Waals surface area contributed by atoms with Gasteiger partial charge in [-0.1, -0.05) is 26.0 Å². The number of rotatable bonds is 6. The molecule has 0 saturated heterocycles. The van der Waals surface area contributed by atoms with Gasteiger partial charge in [-0.2, -0.15) is 13.2 Å². The summed E-state index contributed by atoms with van der Waals surface area (Å²) in [6.45, 7) is 4.00. The van der Waals surface area contributed by atoms with E-state index in [-0.39, 0.29) is 6.04 Å². The highest BCUT2D eigenvalue weighted by Gasteiger charge is 2.38. The maximum Gasteiger partial charge on any atom is 0.405 e. The minimum Gasteiger partial charge on any atom is -0.360 e. The van der Waals surface area contributed by atoms with Crippen molar-refractivity contribution in [2.45, 2.75) is 51.5 Å². The first-order valence-electron chi connectivity index (χ1n) is 7.01. The van der Waals surface area contributed by atoms with Crippen molar-refractivity contribution in [3.05, 3.63) is 29.8 Å². The Morgan fingerprint density at radius 2 is 1.80 bits per heavy atom. The lowest BCUT2D eigenvalue weighted by molar-refractivity contribution is -0.120. The molecule has 2 rings (SSSR count). The second-order valence-corrected chi connectivity index (χ2v) is 5.68. The van der Waals surface area contributed by atoms with E-state index >= 15 is 0 Å². The Morgan fingerprint density at radius 3 is 2.25 bits per heavy atom. The molecule has 1 aliphatic carbocycles. The van der Waals surface area contributed by atoms with Gasteiger partial charge in [0.2, 0.25) is 0 Å². The van der Waals surface area contributed by atoms with E-state index in [4.69, 9.17) is 0 Å². The maximum absolute atomic E-state index is 12.6. The van der Waals surface area contributed by atoms with Crippen molar-refractivity contribution >= 4 is 5.69 Å². The van der Waals surface area contributed by atoms with Crippen LogP contribution >= 0.6 is 0 Å². The van der Waals surface area contributed by atoms with Gasteiger partial charge in [0.1, 0.15) is 6.54 Å². The third kappa shape index (κ3) is 4.71. The first kappa shape index (κ1) is 15.2. The van der Waals surface area contributed by atoms with Gasteiger partial charge in [-0.05, 0) is 30.5 Å². The molecular weight excluding hydrogens is 265 g/mol. The second-order valence-electron chi connectivity index (χ2n) is 5.68. The molecular formula is C15H21F3N2. The average molecular weight is 286 g/mol. The Hall–Kier alpha value is -1.23. The van der Waals surface area contributed by atoms with Crippen LogP contribution in [-0.2, 0) is 6.54 Å². The molecule has 0 bridgehead atoms. The minimum atomic E-state index is -4.15. The Bertz CT molecular complexity index is 422. The Balaban J connectivity index is 2.02. The van der Waals surface area contributed by atoms with Crippen molar-refractivity contribution < 1.29 is 13.2 Å². The van der Waals surface area contributed by atoms with Gasteiger partial charge in [0, 0.05) is 24.3 Å². The van der Waals surface area contributed by atoms with Crippen LogP contribution in [0, 0.1) is 0 Å². The molecule has 1 fully saturated rings. The maximum atomic E-state index is 12.6. The van der Waals surface area contributed by atoms with Crippen molar-refractivity contribution in [1.29, 1.82) is 0 Å². The molecule has 1 aromatic rings. The molecule has 0 unspecified atom stereocenters. The number of alkyl halides is 3. The van der Waals surface area contributed by atoms with Gasteiger partial charge in [0.15, 0.2) is 0 Å². The van der Waals surface area contributed by atoms with E-state index < -0.39 is 12.7 Å². The summed E-state index contributed by atoms with van der Waals surface area (Å²) in [7, 11) is 0. The zero-order chi connectivity index (χ0) is 14.8. The molecule has 0 radical (unpaired) electrons. The fraction of sp³-hybridized carbons (Fsp3) is 0.600. The molecule has 20 heavy (non-hydrogen) atoms. The number of hydrogen-bond donors (Lipinski definition) is 1. The van der Waals surface area contributed by atoms with E-state index in [1.54, 1.807) is 12.1 Å². The monoisotopic (exact) mass is 286 g/mol. The van der Waals surface area contributed by atoms with E-state index in [2.05, 4.69) is 19.2 Å². The lowest BCUT2D eigenvalue weighted by atomic mass is 10.2. The number of nitrogens with one attached hydrogen (secondary N) is 1. The molecule has 0 atom stereocenters. The molecule has 0 amide bonds. The Labute approximate surface area is 118 Å². The van der Waals surface area contributed by atoms with Crippen LogP contribution in [0.5, 0.6) is 0 Å². The van der Waals surface area contributed by atoms with Crippen molar-refractivity contribution in [3.63, 3.8) is 0 Å². The Kier molecular flexibility index (Phi) is 4.58. The van der Waals surface area contributed by atoms with Crippen LogP contribution in [0.4, 0.5) is 18.9 Å². The average Bonchev–Trinajstić information content (AvgIpc) is 3.17. The van der Waals surface area contributed by atoms with Crippen LogP contribution in [0.1, 0.15) is 32.3 Å². The van der Waals surface area contributed by atoms with Crippen LogP contribution < -0.4 is 10.2 Å². The van der Waals surface area contributed by atoms with E-state index in [9.17, 15) is 13.2 Å². The van der Waals surface area contributed by atoms with Gasteiger partial charge < -0.3 is 10.2 Å². The Morgan fingerprint density at radius 1 is 1.20 bits per heavy atom. The number of halogens is 3. The summed E-state index contributed by atoms with van der Waals surface area (Å²) < 4.78 is 37.9. The quantitative estimate of drug-likeness (QED) is 0.857. The summed E-state index contributed by atoms with van der Waals surface area (Å²) in [5.41, 5.74) is 1.75. The van der Waals surface area contributed by atoms with Gasteiger partial charge in [0.25, 0.3) is 0 Å². The fourth-order valence-electron chi connectivity index (χ4n) is 2.14. The molecule has 0 aliphatic heterocycles. The molecule has 5 heteroatoms. The van der Waals surface area contributed by atoms with Gasteiger partial charge in [-0.25, -0.2) is 0 Å². The van der Waals surface area contributed by atoms with Crippen molar-refractivity contribution in [2.75, 3.05) is 11.4 Å². The molecule has 2 nitrogen and oxygen atoms in total. The highest BCUT2D eigenvalue weighted by Crippen LogP contribution is 2.34. The van der Waals surface area contributed by atoms with Crippen molar-refractivity contribution in [2.24, 2.45) is 0 Å². The molecule has 112 valence electrons. The predicted octanol–water partition coefficient (Wildman–Crippen LogP) is 3.72. The number of anilines is 1. The SMILES string of the molecule is CC(C)NCc1ccc(N(CC(F)(F)F)C2CC2)cc1.